The average molecular weight is 431 g/mol. The van der Waals surface area contributed by atoms with Crippen molar-refractivity contribution in [1.82, 2.24) is 4.90 Å². The van der Waals surface area contributed by atoms with Crippen molar-refractivity contribution in [3.05, 3.63) is 35.9 Å². The number of likely N-dealkylation sites (tertiary alicyclic amines) is 1. The minimum atomic E-state index is -0.235. The molecule has 1 heterocycles. The van der Waals surface area contributed by atoms with Crippen molar-refractivity contribution in [1.29, 1.82) is 0 Å². The van der Waals surface area contributed by atoms with Crippen molar-refractivity contribution in [2.75, 3.05) is 11.9 Å². The predicted octanol–water partition coefficient (Wildman–Crippen LogP) is 3.64. The molecule has 4 unspecified atom stereocenters. The summed E-state index contributed by atoms with van der Waals surface area (Å²) in [6, 6.07) is 10.1. The highest BCUT2D eigenvalue weighted by molar-refractivity contribution is 9.12. The highest BCUT2D eigenvalue weighted by atomic mass is 79.9. The van der Waals surface area contributed by atoms with E-state index in [1.54, 1.807) is 0 Å². The van der Waals surface area contributed by atoms with Gasteiger partial charge in [-0.2, -0.15) is 0 Å². The normalized spacial score (nSPS) is 24.6. The molecule has 2 rings (SSSR count). The Morgan fingerprint density at radius 1 is 1.18 bits per heavy atom. The summed E-state index contributed by atoms with van der Waals surface area (Å²) >= 11 is 6.85. The molecule has 0 bridgehead atoms. The van der Waals surface area contributed by atoms with Crippen molar-refractivity contribution >= 4 is 43.7 Å². The average Bonchev–Trinajstić information content (AvgIpc) is 2.72. The standard InChI is InChI=1S/C17H21Br2NO2/c1-11(8-13-6-4-3-5-7-13)15-12(2)16(21)20(17(15)22)10-14(19)9-18/h3-7,11-12,14-15H,8-10H2,1-2H3. The number of rotatable bonds is 6. The van der Waals surface area contributed by atoms with Crippen LogP contribution in [-0.2, 0) is 16.0 Å². The summed E-state index contributed by atoms with van der Waals surface area (Å²) in [5.41, 5.74) is 1.21. The van der Waals surface area contributed by atoms with Crippen molar-refractivity contribution in [3.8, 4) is 0 Å². The Balaban J connectivity index is 2.10. The zero-order chi connectivity index (χ0) is 16.3. The number of alkyl halides is 2. The fourth-order valence-corrected chi connectivity index (χ4v) is 3.67. The molecule has 3 nitrogen and oxygen atoms in total. The van der Waals surface area contributed by atoms with Gasteiger partial charge in [0.1, 0.15) is 0 Å². The fraction of sp³-hybridized carbons (Fsp3) is 0.529. The highest BCUT2D eigenvalue weighted by Gasteiger charge is 2.47. The molecule has 0 aromatic heterocycles. The van der Waals surface area contributed by atoms with E-state index in [1.807, 2.05) is 25.1 Å². The highest BCUT2D eigenvalue weighted by Crippen LogP contribution is 2.34. The molecule has 1 saturated heterocycles. The van der Waals surface area contributed by atoms with Gasteiger partial charge in [-0.15, -0.1) is 0 Å². The Labute approximate surface area is 148 Å². The maximum absolute atomic E-state index is 12.7. The number of amides is 2. The van der Waals surface area contributed by atoms with Gasteiger partial charge >= 0.3 is 0 Å². The largest absolute Gasteiger partial charge is 0.281 e. The number of imide groups is 1. The van der Waals surface area contributed by atoms with Gasteiger partial charge in [0.25, 0.3) is 0 Å². The van der Waals surface area contributed by atoms with Gasteiger partial charge < -0.3 is 0 Å². The molecule has 1 aromatic rings. The Morgan fingerprint density at radius 2 is 1.82 bits per heavy atom. The van der Waals surface area contributed by atoms with Crippen LogP contribution in [0.5, 0.6) is 0 Å². The lowest BCUT2D eigenvalue weighted by Gasteiger charge is -2.21. The molecule has 0 spiro atoms. The summed E-state index contributed by atoms with van der Waals surface area (Å²) in [5.74, 6) is -0.368. The molecule has 22 heavy (non-hydrogen) atoms. The SMILES string of the molecule is CC(Cc1ccccc1)C1C(=O)N(CC(Br)CBr)C(=O)C1C. The molecule has 4 atom stereocenters. The molecule has 0 radical (unpaired) electrons. The van der Waals surface area contributed by atoms with Crippen LogP contribution in [0.3, 0.4) is 0 Å². The third kappa shape index (κ3) is 3.80. The predicted molar refractivity (Wildman–Crippen MR) is 95.2 cm³/mol. The van der Waals surface area contributed by atoms with Crippen molar-refractivity contribution in [2.24, 2.45) is 17.8 Å². The van der Waals surface area contributed by atoms with E-state index in [1.165, 1.54) is 10.5 Å². The number of halogens is 2. The summed E-state index contributed by atoms with van der Waals surface area (Å²) in [6.07, 6.45) is 0.818. The van der Waals surface area contributed by atoms with Gasteiger partial charge in [-0.25, -0.2) is 0 Å². The Hall–Kier alpha value is -0.680. The van der Waals surface area contributed by atoms with Gasteiger partial charge in [0.05, 0.1) is 5.92 Å². The van der Waals surface area contributed by atoms with Crippen LogP contribution in [-0.4, -0.2) is 33.4 Å². The lowest BCUT2D eigenvalue weighted by atomic mass is 9.82. The third-order valence-electron chi connectivity index (χ3n) is 4.31. The Bertz CT molecular complexity index is 535. The van der Waals surface area contributed by atoms with Crippen LogP contribution in [0, 0.1) is 17.8 Å². The first-order chi connectivity index (χ1) is 10.5. The number of nitrogens with zero attached hydrogens (tertiary/aromatic N) is 1. The second-order valence-electron chi connectivity index (χ2n) is 6.02. The first-order valence-corrected chi connectivity index (χ1v) is 9.58. The molecule has 120 valence electrons. The van der Waals surface area contributed by atoms with E-state index in [9.17, 15) is 9.59 Å². The van der Waals surface area contributed by atoms with Crippen molar-refractivity contribution in [3.63, 3.8) is 0 Å². The maximum Gasteiger partial charge on any atom is 0.233 e. The van der Waals surface area contributed by atoms with Crippen molar-refractivity contribution < 1.29 is 9.59 Å². The molecule has 1 fully saturated rings. The van der Waals surface area contributed by atoms with Crippen LogP contribution in [0.2, 0.25) is 0 Å². The first kappa shape index (κ1) is 17.7. The van der Waals surface area contributed by atoms with E-state index < -0.39 is 0 Å². The fourth-order valence-electron chi connectivity index (χ4n) is 3.18. The number of benzene rings is 1. The van der Waals surface area contributed by atoms with Gasteiger partial charge in [-0.05, 0) is 17.9 Å². The molecule has 2 amide bonds. The Kier molecular flexibility index (Phi) is 6.21. The summed E-state index contributed by atoms with van der Waals surface area (Å²) in [6.45, 7) is 4.38. The molecule has 1 aliphatic heterocycles. The zero-order valence-electron chi connectivity index (χ0n) is 12.8. The Morgan fingerprint density at radius 3 is 2.41 bits per heavy atom. The summed E-state index contributed by atoms with van der Waals surface area (Å²) in [5, 5.41) is 0.711. The molecular weight excluding hydrogens is 410 g/mol. The van der Waals surface area contributed by atoms with Gasteiger partial charge in [-0.1, -0.05) is 76.0 Å². The van der Waals surface area contributed by atoms with Crippen LogP contribution in [0.15, 0.2) is 30.3 Å². The minimum absolute atomic E-state index is 0.0219. The lowest BCUT2D eigenvalue weighted by Crippen LogP contribution is -2.37. The summed E-state index contributed by atoms with van der Waals surface area (Å²) in [7, 11) is 0. The van der Waals surface area contributed by atoms with E-state index >= 15 is 0 Å². The molecule has 0 aliphatic carbocycles. The van der Waals surface area contributed by atoms with E-state index in [2.05, 4.69) is 50.9 Å². The van der Waals surface area contributed by atoms with E-state index in [-0.39, 0.29) is 34.4 Å². The molecule has 1 aromatic carbocycles. The topological polar surface area (TPSA) is 37.4 Å². The van der Waals surface area contributed by atoms with Gasteiger partial charge in [0.15, 0.2) is 0 Å². The quantitative estimate of drug-likeness (QED) is 0.510. The van der Waals surface area contributed by atoms with E-state index in [4.69, 9.17) is 0 Å². The minimum Gasteiger partial charge on any atom is -0.281 e. The molecule has 1 aliphatic rings. The first-order valence-electron chi connectivity index (χ1n) is 7.54. The molecule has 5 heteroatoms. The summed E-state index contributed by atoms with van der Waals surface area (Å²) in [4.78, 5) is 26.6. The van der Waals surface area contributed by atoms with Crippen LogP contribution in [0.4, 0.5) is 0 Å². The second-order valence-corrected chi connectivity index (χ2v) is 7.96. The van der Waals surface area contributed by atoms with Crippen LogP contribution in [0.1, 0.15) is 19.4 Å². The molecule has 0 N–H and O–H groups in total. The monoisotopic (exact) mass is 429 g/mol. The van der Waals surface area contributed by atoms with Crippen molar-refractivity contribution in [2.45, 2.75) is 25.1 Å². The van der Waals surface area contributed by atoms with Gasteiger partial charge in [0.2, 0.25) is 11.8 Å². The van der Waals surface area contributed by atoms with Crippen LogP contribution >= 0.6 is 31.9 Å². The van der Waals surface area contributed by atoms with E-state index in [0.29, 0.717) is 11.9 Å². The van der Waals surface area contributed by atoms with E-state index in [0.717, 1.165) is 6.42 Å². The number of hydrogen-bond acceptors (Lipinski definition) is 2. The molecule has 0 saturated carbocycles. The smallest absolute Gasteiger partial charge is 0.233 e. The molecular formula is C17H21Br2NO2. The lowest BCUT2D eigenvalue weighted by molar-refractivity contribution is -0.140. The summed E-state index contributed by atoms with van der Waals surface area (Å²) < 4.78 is 0. The number of carbonyl (C=O) groups excluding carboxylic acids is 2. The zero-order valence-corrected chi connectivity index (χ0v) is 16.0. The van der Waals surface area contributed by atoms with Gasteiger partial charge in [0, 0.05) is 22.6 Å². The van der Waals surface area contributed by atoms with Crippen LogP contribution < -0.4 is 0 Å². The number of hydrogen-bond donors (Lipinski definition) is 0. The maximum atomic E-state index is 12.7. The number of carbonyl (C=O) groups is 2. The van der Waals surface area contributed by atoms with Gasteiger partial charge in [-0.3, -0.25) is 14.5 Å². The third-order valence-corrected chi connectivity index (χ3v) is 6.57. The second kappa shape index (κ2) is 7.73. The van der Waals surface area contributed by atoms with Crippen LogP contribution in [0.25, 0.3) is 0 Å².